The number of ether oxygens (including phenoxy) is 1. The van der Waals surface area contributed by atoms with Gasteiger partial charge in [-0.15, -0.1) is 0 Å². The Morgan fingerprint density at radius 1 is 1.25 bits per heavy atom. The number of para-hydroxylation sites is 1. The summed E-state index contributed by atoms with van der Waals surface area (Å²) in [6.07, 6.45) is 5.43. The van der Waals surface area contributed by atoms with Gasteiger partial charge in [0.15, 0.2) is 0 Å². The van der Waals surface area contributed by atoms with Crippen molar-refractivity contribution in [2.45, 2.75) is 38.3 Å². The highest BCUT2D eigenvalue weighted by Gasteiger charge is 2.29. The molecular weight excluding hydrogens is 250 g/mol. The molecule has 0 atom stereocenters. The summed E-state index contributed by atoms with van der Waals surface area (Å²) < 4.78 is 7.83. The number of nitrogens with zero attached hydrogens (tertiary/aromatic N) is 2. The molecule has 4 heteroatoms. The van der Waals surface area contributed by atoms with E-state index in [1.807, 2.05) is 36.5 Å². The third-order valence-electron chi connectivity index (χ3n) is 3.67. The predicted octanol–water partition coefficient (Wildman–Crippen LogP) is 2.69. The number of hydrogen-bond donors (Lipinski definition) is 1. The van der Waals surface area contributed by atoms with E-state index in [1.165, 1.54) is 24.1 Å². The highest BCUT2D eigenvalue weighted by molar-refractivity contribution is 5.25. The highest BCUT2D eigenvalue weighted by Crippen LogP contribution is 2.41. The monoisotopic (exact) mass is 271 g/mol. The van der Waals surface area contributed by atoms with Crippen molar-refractivity contribution < 1.29 is 4.74 Å². The molecule has 1 aromatic carbocycles. The molecule has 0 bridgehead atoms. The van der Waals surface area contributed by atoms with Crippen molar-refractivity contribution in [3.8, 4) is 5.75 Å². The molecule has 1 aliphatic carbocycles. The summed E-state index contributed by atoms with van der Waals surface area (Å²) in [7, 11) is 0. The lowest BCUT2D eigenvalue weighted by atomic mass is 10.2. The van der Waals surface area contributed by atoms with Crippen LogP contribution in [0, 0.1) is 0 Å². The first-order chi connectivity index (χ1) is 9.88. The van der Waals surface area contributed by atoms with E-state index in [9.17, 15) is 0 Å². The number of rotatable bonds is 7. The highest BCUT2D eigenvalue weighted by atomic mass is 16.5. The van der Waals surface area contributed by atoms with Gasteiger partial charge in [-0.1, -0.05) is 18.2 Å². The van der Waals surface area contributed by atoms with E-state index < -0.39 is 0 Å². The average molecular weight is 271 g/mol. The summed E-state index contributed by atoms with van der Waals surface area (Å²) in [5, 5.41) is 4.47. The molecule has 0 saturated heterocycles. The minimum Gasteiger partial charge on any atom is -0.494 e. The van der Waals surface area contributed by atoms with Crippen molar-refractivity contribution >= 4 is 0 Å². The lowest BCUT2D eigenvalue weighted by Crippen LogP contribution is -2.10. The molecule has 4 nitrogen and oxygen atoms in total. The molecule has 1 fully saturated rings. The largest absolute Gasteiger partial charge is 0.494 e. The molecule has 0 unspecified atom stereocenters. The molecule has 1 aromatic heterocycles. The third-order valence-corrected chi connectivity index (χ3v) is 3.67. The Morgan fingerprint density at radius 2 is 2.05 bits per heavy atom. The second-order valence-electron chi connectivity index (χ2n) is 5.27. The minimum atomic E-state index is 0.590. The fourth-order valence-electron chi connectivity index (χ4n) is 2.52. The molecule has 1 aliphatic rings. The molecule has 0 aliphatic heterocycles. The topological polar surface area (TPSA) is 53.1 Å². The third kappa shape index (κ3) is 3.02. The number of aromatic nitrogens is 2. The van der Waals surface area contributed by atoms with Crippen LogP contribution in [0.25, 0.3) is 0 Å². The fourth-order valence-corrected chi connectivity index (χ4v) is 2.52. The van der Waals surface area contributed by atoms with Crippen LogP contribution in [-0.2, 0) is 13.1 Å². The van der Waals surface area contributed by atoms with E-state index >= 15 is 0 Å². The Kier molecular flexibility index (Phi) is 4.02. The zero-order valence-electron chi connectivity index (χ0n) is 11.7. The van der Waals surface area contributed by atoms with E-state index in [2.05, 4.69) is 9.78 Å². The summed E-state index contributed by atoms with van der Waals surface area (Å²) in [5.41, 5.74) is 8.34. The van der Waals surface area contributed by atoms with Crippen LogP contribution >= 0.6 is 0 Å². The van der Waals surface area contributed by atoms with Gasteiger partial charge >= 0.3 is 0 Å². The standard InChI is InChI=1S/C16H21N3O/c17-11-14-12-18-19(16(14)13-7-8-13)9-4-10-20-15-5-2-1-3-6-15/h1-3,5-6,12-13H,4,7-11,17H2. The van der Waals surface area contributed by atoms with Crippen LogP contribution in [0.3, 0.4) is 0 Å². The van der Waals surface area contributed by atoms with Crippen LogP contribution in [0.1, 0.15) is 36.4 Å². The Balaban J connectivity index is 1.52. The van der Waals surface area contributed by atoms with E-state index in [0.29, 0.717) is 19.1 Å². The molecule has 0 amide bonds. The maximum Gasteiger partial charge on any atom is 0.119 e. The van der Waals surface area contributed by atoms with Crippen LogP contribution in [0.4, 0.5) is 0 Å². The van der Waals surface area contributed by atoms with E-state index in [0.717, 1.165) is 18.7 Å². The predicted molar refractivity (Wildman–Crippen MR) is 78.6 cm³/mol. The summed E-state index contributed by atoms with van der Waals surface area (Å²) >= 11 is 0. The average Bonchev–Trinajstić information content (AvgIpc) is 3.25. The second kappa shape index (κ2) is 6.09. The van der Waals surface area contributed by atoms with Gasteiger partial charge in [-0.05, 0) is 25.0 Å². The Morgan fingerprint density at radius 3 is 2.75 bits per heavy atom. The van der Waals surface area contributed by atoms with Crippen LogP contribution in [0.2, 0.25) is 0 Å². The Bertz CT molecular complexity index is 546. The van der Waals surface area contributed by atoms with Gasteiger partial charge in [0, 0.05) is 36.7 Å². The molecule has 0 spiro atoms. The van der Waals surface area contributed by atoms with Crippen LogP contribution in [0.5, 0.6) is 5.75 Å². The van der Waals surface area contributed by atoms with Crippen molar-refractivity contribution in [1.82, 2.24) is 9.78 Å². The van der Waals surface area contributed by atoms with Crippen LogP contribution in [0.15, 0.2) is 36.5 Å². The minimum absolute atomic E-state index is 0.590. The molecular formula is C16H21N3O. The Hall–Kier alpha value is -1.81. The van der Waals surface area contributed by atoms with Gasteiger partial charge in [-0.2, -0.15) is 5.10 Å². The molecule has 1 saturated carbocycles. The van der Waals surface area contributed by atoms with Crippen LogP contribution < -0.4 is 10.5 Å². The maximum absolute atomic E-state index is 5.78. The molecule has 106 valence electrons. The van der Waals surface area contributed by atoms with Gasteiger partial charge in [-0.25, -0.2) is 0 Å². The van der Waals surface area contributed by atoms with E-state index in [-0.39, 0.29) is 0 Å². The zero-order chi connectivity index (χ0) is 13.8. The normalized spacial score (nSPS) is 14.4. The number of benzene rings is 1. The quantitative estimate of drug-likeness (QED) is 0.788. The first kappa shape index (κ1) is 13.2. The van der Waals surface area contributed by atoms with Gasteiger partial charge in [-0.3, -0.25) is 4.68 Å². The summed E-state index contributed by atoms with van der Waals surface area (Å²) in [4.78, 5) is 0. The van der Waals surface area contributed by atoms with Gasteiger partial charge < -0.3 is 10.5 Å². The van der Waals surface area contributed by atoms with Crippen molar-refractivity contribution in [3.63, 3.8) is 0 Å². The lowest BCUT2D eigenvalue weighted by molar-refractivity contribution is 0.297. The molecule has 20 heavy (non-hydrogen) atoms. The van der Waals surface area contributed by atoms with Gasteiger partial charge in [0.05, 0.1) is 12.8 Å². The van der Waals surface area contributed by atoms with Gasteiger partial charge in [0.25, 0.3) is 0 Å². The summed E-state index contributed by atoms with van der Waals surface area (Å²) in [6.45, 7) is 2.21. The van der Waals surface area contributed by atoms with Crippen molar-refractivity contribution in [2.75, 3.05) is 6.61 Å². The smallest absolute Gasteiger partial charge is 0.119 e. The van der Waals surface area contributed by atoms with Crippen molar-refractivity contribution in [3.05, 3.63) is 47.8 Å². The van der Waals surface area contributed by atoms with Crippen molar-refractivity contribution in [2.24, 2.45) is 5.73 Å². The molecule has 3 rings (SSSR count). The lowest BCUT2D eigenvalue weighted by Gasteiger charge is -2.09. The van der Waals surface area contributed by atoms with Gasteiger partial charge in [0.1, 0.15) is 5.75 Å². The van der Waals surface area contributed by atoms with E-state index in [4.69, 9.17) is 10.5 Å². The second-order valence-corrected chi connectivity index (χ2v) is 5.27. The fraction of sp³-hybridized carbons (Fsp3) is 0.438. The number of hydrogen-bond acceptors (Lipinski definition) is 3. The van der Waals surface area contributed by atoms with Crippen LogP contribution in [-0.4, -0.2) is 16.4 Å². The molecule has 2 aromatic rings. The summed E-state index contributed by atoms with van der Waals surface area (Å²) in [5.74, 6) is 1.61. The van der Waals surface area contributed by atoms with Crippen molar-refractivity contribution in [1.29, 1.82) is 0 Å². The Labute approximate surface area is 119 Å². The first-order valence-electron chi connectivity index (χ1n) is 7.31. The van der Waals surface area contributed by atoms with E-state index in [1.54, 1.807) is 0 Å². The number of aryl methyl sites for hydroxylation is 1. The maximum atomic E-state index is 5.78. The summed E-state index contributed by atoms with van der Waals surface area (Å²) in [6, 6.07) is 9.93. The van der Waals surface area contributed by atoms with Gasteiger partial charge in [0.2, 0.25) is 0 Å². The molecule has 1 heterocycles. The first-order valence-corrected chi connectivity index (χ1v) is 7.31. The molecule has 2 N–H and O–H groups in total. The number of nitrogens with two attached hydrogens (primary N) is 1. The SMILES string of the molecule is NCc1cnn(CCCOc2ccccc2)c1C1CC1. The zero-order valence-corrected chi connectivity index (χ0v) is 11.7. The molecule has 0 radical (unpaired) electrons.